The van der Waals surface area contributed by atoms with Crippen molar-refractivity contribution >= 4 is 17.5 Å². The van der Waals surface area contributed by atoms with Crippen molar-refractivity contribution in [3.63, 3.8) is 0 Å². The molecule has 0 aromatic heterocycles. The molecule has 0 bridgehead atoms. The number of carbonyl (C=O) groups excluding carboxylic acids is 3. The standard InChI is InChI=1S/C23H32O5/c1-13(24)28-12-20(27)18-7-6-17-16-5-4-14-10-15(25)8-9-22(14,2)21(16)19(26)11-23(17,18)3/h10,16-19,21,26H,4-9,11-12H2,1-3H3/t16-,17-,18+,19-,21+,22-,23-/m0/s1. The van der Waals surface area contributed by atoms with Crippen molar-refractivity contribution in [2.24, 2.45) is 34.5 Å². The van der Waals surface area contributed by atoms with E-state index in [-0.39, 0.29) is 40.8 Å². The number of ether oxygens (including phenoxy) is 1. The number of fused-ring (bicyclic) bond motifs is 5. The van der Waals surface area contributed by atoms with Crippen LogP contribution in [0.1, 0.15) is 65.7 Å². The van der Waals surface area contributed by atoms with Crippen molar-refractivity contribution in [2.45, 2.75) is 71.8 Å². The van der Waals surface area contributed by atoms with Crippen LogP contribution in [0.25, 0.3) is 0 Å². The first-order chi connectivity index (χ1) is 13.2. The molecule has 5 nitrogen and oxygen atoms in total. The van der Waals surface area contributed by atoms with Gasteiger partial charge < -0.3 is 9.84 Å². The molecule has 0 heterocycles. The van der Waals surface area contributed by atoms with Crippen LogP contribution in [-0.4, -0.2) is 35.4 Å². The number of ketones is 2. The van der Waals surface area contributed by atoms with Crippen molar-refractivity contribution in [1.29, 1.82) is 0 Å². The topological polar surface area (TPSA) is 80.7 Å². The Morgan fingerprint density at radius 1 is 1.21 bits per heavy atom. The quantitative estimate of drug-likeness (QED) is 0.751. The summed E-state index contributed by atoms with van der Waals surface area (Å²) in [4.78, 5) is 35.9. The maximum atomic E-state index is 12.8. The highest BCUT2D eigenvalue weighted by Crippen LogP contribution is 2.66. The first-order valence-corrected chi connectivity index (χ1v) is 10.7. The van der Waals surface area contributed by atoms with Gasteiger partial charge in [0.15, 0.2) is 11.6 Å². The number of aliphatic hydroxyl groups is 1. The van der Waals surface area contributed by atoms with Gasteiger partial charge in [-0.2, -0.15) is 0 Å². The van der Waals surface area contributed by atoms with Crippen molar-refractivity contribution in [1.82, 2.24) is 0 Å². The molecular weight excluding hydrogens is 356 g/mol. The van der Waals surface area contributed by atoms with Crippen LogP contribution in [0.4, 0.5) is 0 Å². The van der Waals surface area contributed by atoms with Crippen LogP contribution in [0.2, 0.25) is 0 Å². The Labute approximate surface area is 166 Å². The highest BCUT2D eigenvalue weighted by molar-refractivity contribution is 5.91. The average molecular weight is 389 g/mol. The second-order valence-electron chi connectivity index (χ2n) is 10.0. The van der Waals surface area contributed by atoms with Crippen LogP contribution in [0.5, 0.6) is 0 Å². The SMILES string of the molecule is CC(=O)OCC(=O)[C@H]1CC[C@H]2[C@@H]3CCC4=CC(=O)CC[C@]4(C)[C@H]3[C@@H](O)C[C@]12C. The summed E-state index contributed by atoms with van der Waals surface area (Å²) >= 11 is 0. The Hall–Kier alpha value is -1.49. The maximum Gasteiger partial charge on any atom is 0.303 e. The van der Waals surface area contributed by atoms with E-state index in [4.69, 9.17) is 4.74 Å². The van der Waals surface area contributed by atoms with Crippen molar-refractivity contribution in [3.05, 3.63) is 11.6 Å². The van der Waals surface area contributed by atoms with Crippen LogP contribution in [0.15, 0.2) is 11.6 Å². The molecule has 28 heavy (non-hydrogen) atoms. The fourth-order valence-corrected chi connectivity index (χ4v) is 7.49. The molecular formula is C23H32O5. The first kappa shape index (κ1) is 19.8. The van der Waals surface area contributed by atoms with E-state index >= 15 is 0 Å². The summed E-state index contributed by atoms with van der Waals surface area (Å²) < 4.78 is 4.98. The lowest BCUT2D eigenvalue weighted by Gasteiger charge is -2.59. The summed E-state index contributed by atoms with van der Waals surface area (Å²) in [5, 5.41) is 11.3. The molecule has 0 aliphatic heterocycles. The molecule has 0 saturated heterocycles. The predicted molar refractivity (Wildman–Crippen MR) is 103 cm³/mol. The third-order valence-electron chi connectivity index (χ3n) is 8.70. The van der Waals surface area contributed by atoms with Gasteiger partial charge in [0.2, 0.25) is 0 Å². The first-order valence-electron chi connectivity index (χ1n) is 10.7. The van der Waals surface area contributed by atoms with Crippen LogP contribution >= 0.6 is 0 Å². The Bertz CT molecular complexity index is 739. The van der Waals surface area contributed by atoms with Gasteiger partial charge in [0, 0.05) is 19.3 Å². The second-order valence-corrected chi connectivity index (χ2v) is 10.0. The van der Waals surface area contributed by atoms with Gasteiger partial charge in [0.25, 0.3) is 0 Å². The minimum Gasteiger partial charge on any atom is -0.458 e. The minimum atomic E-state index is -0.463. The fourth-order valence-electron chi connectivity index (χ4n) is 7.49. The van der Waals surface area contributed by atoms with Gasteiger partial charge in [-0.15, -0.1) is 0 Å². The third-order valence-corrected chi connectivity index (χ3v) is 8.70. The number of carbonyl (C=O) groups is 3. The molecule has 154 valence electrons. The number of allylic oxidation sites excluding steroid dienone is 1. The minimum absolute atomic E-state index is 0.00304. The van der Waals surface area contributed by atoms with E-state index < -0.39 is 12.1 Å². The van der Waals surface area contributed by atoms with Crippen LogP contribution in [-0.2, 0) is 19.1 Å². The number of hydrogen-bond acceptors (Lipinski definition) is 5. The molecule has 5 heteroatoms. The molecule has 0 spiro atoms. The van der Waals surface area contributed by atoms with Crippen molar-refractivity contribution in [3.8, 4) is 0 Å². The Morgan fingerprint density at radius 3 is 2.68 bits per heavy atom. The van der Waals surface area contributed by atoms with E-state index in [9.17, 15) is 19.5 Å². The van der Waals surface area contributed by atoms with E-state index in [1.165, 1.54) is 12.5 Å². The van der Waals surface area contributed by atoms with Crippen LogP contribution < -0.4 is 0 Å². The van der Waals surface area contributed by atoms with Gasteiger partial charge in [0.05, 0.1) is 6.10 Å². The van der Waals surface area contributed by atoms with Gasteiger partial charge in [-0.05, 0) is 73.2 Å². The second kappa shape index (κ2) is 6.79. The summed E-state index contributed by atoms with van der Waals surface area (Å²) in [6, 6.07) is 0. The van der Waals surface area contributed by atoms with Crippen molar-refractivity contribution < 1.29 is 24.2 Å². The van der Waals surface area contributed by atoms with E-state index in [0.717, 1.165) is 32.1 Å². The lowest BCUT2D eigenvalue weighted by atomic mass is 9.46. The lowest BCUT2D eigenvalue weighted by Crippen LogP contribution is -2.57. The molecule has 3 fully saturated rings. The van der Waals surface area contributed by atoms with Gasteiger partial charge in [-0.25, -0.2) is 0 Å². The van der Waals surface area contributed by atoms with Gasteiger partial charge >= 0.3 is 5.97 Å². The highest BCUT2D eigenvalue weighted by Gasteiger charge is 2.62. The molecule has 4 aliphatic carbocycles. The molecule has 4 rings (SSSR count). The van der Waals surface area contributed by atoms with Crippen LogP contribution in [0.3, 0.4) is 0 Å². The zero-order valence-corrected chi connectivity index (χ0v) is 17.2. The van der Waals surface area contributed by atoms with E-state index in [1.54, 1.807) is 0 Å². The normalized spacial score (nSPS) is 44.8. The van der Waals surface area contributed by atoms with Gasteiger partial charge in [-0.1, -0.05) is 19.4 Å². The molecule has 0 radical (unpaired) electrons. The predicted octanol–water partition coefficient (Wildman–Crippen LogP) is 3.24. The number of Topliss-reactive ketones (excluding diaryl/α,β-unsaturated/α-hetero) is 1. The zero-order valence-electron chi connectivity index (χ0n) is 17.2. The summed E-state index contributed by atoms with van der Waals surface area (Å²) in [7, 11) is 0. The van der Waals surface area contributed by atoms with Crippen molar-refractivity contribution in [2.75, 3.05) is 6.61 Å². The summed E-state index contributed by atoms with van der Waals surface area (Å²) in [6.45, 7) is 5.58. The Morgan fingerprint density at radius 2 is 1.96 bits per heavy atom. The third kappa shape index (κ3) is 2.89. The smallest absolute Gasteiger partial charge is 0.303 e. The molecule has 7 atom stereocenters. The lowest BCUT2D eigenvalue weighted by molar-refractivity contribution is -0.154. The monoisotopic (exact) mass is 388 g/mol. The zero-order chi connectivity index (χ0) is 20.3. The molecule has 0 aromatic carbocycles. The van der Waals surface area contributed by atoms with Gasteiger partial charge in [0.1, 0.15) is 6.61 Å². The van der Waals surface area contributed by atoms with Crippen LogP contribution in [0, 0.1) is 34.5 Å². The maximum absolute atomic E-state index is 12.8. The van der Waals surface area contributed by atoms with E-state index in [0.29, 0.717) is 24.7 Å². The highest BCUT2D eigenvalue weighted by atomic mass is 16.5. The molecule has 0 amide bonds. The number of rotatable bonds is 3. The van der Waals surface area contributed by atoms with E-state index in [2.05, 4.69) is 13.8 Å². The van der Waals surface area contributed by atoms with E-state index in [1.807, 2.05) is 6.08 Å². The number of esters is 1. The molecule has 3 saturated carbocycles. The molecule has 4 aliphatic rings. The fraction of sp³-hybridized carbons (Fsp3) is 0.783. The Balaban J connectivity index is 1.61. The molecule has 0 aromatic rings. The molecule has 1 N–H and O–H groups in total. The Kier molecular flexibility index (Phi) is 4.80. The molecule has 0 unspecified atom stereocenters. The summed E-state index contributed by atoms with van der Waals surface area (Å²) in [5.41, 5.74) is 0.894. The average Bonchev–Trinajstić information content (AvgIpc) is 2.96. The summed E-state index contributed by atoms with van der Waals surface area (Å²) in [5.74, 6) is 0.600. The summed E-state index contributed by atoms with van der Waals surface area (Å²) in [6.07, 6.45) is 7.12. The number of aliphatic hydroxyl groups excluding tert-OH is 1. The largest absolute Gasteiger partial charge is 0.458 e. The number of hydrogen-bond donors (Lipinski definition) is 1. The van der Waals surface area contributed by atoms with Gasteiger partial charge in [-0.3, -0.25) is 14.4 Å².